The second-order valence-electron chi connectivity index (χ2n) is 3.80. The molecule has 0 bridgehead atoms. The fourth-order valence-corrected chi connectivity index (χ4v) is 3.48. The molecule has 0 radical (unpaired) electrons. The summed E-state index contributed by atoms with van der Waals surface area (Å²) >= 11 is 8.24. The van der Waals surface area contributed by atoms with Crippen LogP contribution in [-0.4, -0.2) is 0 Å². The molecular weight excluding hydrogens is 383 g/mol. The lowest BCUT2D eigenvalue weighted by molar-refractivity contribution is 0.535. The molecule has 1 unspecified atom stereocenters. The molecule has 6 heteroatoms. The van der Waals surface area contributed by atoms with Crippen molar-refractivity contribution in [3.05, 3.63) is 54.8 Å². The van der Waals surface area contributed by atoms with E-state index in [2.05, 4.69) is 37.3 Å². The first-order valence-electron chi connectivity index (χ1n) is 5.25. The monoisotopic (exact) mass is 392 g/mol. The number of hydrogen-bond donors (Lipinski definition) is 2. The van der Waals surface area contributed by atoms with Gasteiger partial charge in [-0.2, -0.15) is 0 Å². The molecule has 3 N–H and O–H groups in total. The zero-order valence-electron chi connectivity index (χ0n) is 9.29. The zero-order valence-corrected chi connectivity index (χ0v) is 13.3. The molecule has 18 heavy (non-hydrogen) atoms. The van der Waals surface area contributed by atoms with Crippen LogP contribution in [0.4, 0.5) is 4.39 Å². The van der Waals surface area contributed by atoms with Gasteiger partial charge in [-0.3, -0.25) is 11.3 Å². The Labute approximate surface area is 126 Å². The predicted molar refractivity (Wildman–Crippen MR) is 79.9 cm³/mol. The lowest BCUT2D eigenvalue weighted by Crippen LogP contribution is -2.29. The van der Waals surface area contributed by atoms with Gasteiger partial charge in [-0.15, -0.1) is 11.3 Å². The average Bonchev–Trinajstić information content (AvgIpc) is 2.75. The van der Waals surface area contributed by atoms with E-state index in [4.69, 9.17) is 5.84 Å². The van der Waals surface area contributed by atoms with Gasteiger partial charge < -0.3 is 0 Å². The minimum absolute atomic E-state index is 0.0861. The molecule has 1 atom stereocenters. The SMILES string of the molecule is NNC(Cc1ccc(Br)cc1F)c1ccc(Br)s1. The molecule has 0 aliphatic heterocycles. The largest absolute Gasteiger partial charge is 0.271 e. The van der Waals surface area contributed by atoms with Crippen molar-refractivity contribution in [2.24, 2.45) is 5.84 Å². The fraction of sp³-hybridized carbons (Fsp3) is 0.167. The molecule has 2 nitrogen and oxygen atoms in total. The first-order valence-corrected chi connectivity index (χ1v) is 7.65. The van der Waals surface area contributed by atoms with E-state index >= 15 is 0 Å². The average molecular weight is 394 g/mol. The maximum atomic E-state index is 13.8. The third-order valence-corrected chi connectivity index (χ3v) is 4.81. The maximum Gasteiger partial charge on any atom is 0.127 e. The molecule has 0 fully saturated rings. The number of halogens is 3. The summed E-state index contributed by atoms with van der Waals surface area (Å²) in [6.07, 6.45) is 0.516. The molecule has 96 valence electrons. The van der Waals surface area contributed by atoms with Gasteiger partial charge in [0, 0.05) is 9.35 Å². The van der Waals surface area contributed by atoms with Crippen LogP contribution in [0.25, 0.3) is 0 Å². The van der Waals surface area contributed by atoms with Crippen LogP contribution in [0.2, 0.25) is 0 Å². The number of nitrogens with two attached hydrogens (primary N) is 1. The summed E-state index contributed by atoms with van der Waals surface area (Å²) < 4.78 is 15.5. The zero-order chi connectivity index (χ0) is 13.1. The van der Waals surface area contributed by atoms with Gasteiger partial charge in [-0.1, -0.05) is 22.0 Å². The Morgan fingerprint density at radius 1 is 1.28 bits per heavy atom. The highest BCUT2D eigenvalue weighted by molar-refractivity contribution is 9.11. The van der Waals surface area contributed by atoms with Crippen molar-refractivity contribution in [1.29, 1.82) is 0 Å². The summed E-state index contributed by atoms with van der Waals surface area (Å²) in [5.41, 5.74) is 3.38. The molecule has 0 amide bonds. The van der Waals surface area contributed by atoms with Crippen molar-refractivity contribution in [3.8, 4) is 0 Å². The number of benzene rings is 1. The Morgan fingerprint density at radius 2 is 2.06 bits per heavy atom. The number of nitrogens with one attached hydrogen (secondary N) is 1. The van der Waals surface area contributed by atoms with Crippen LogP contribution in [0.5, 0.6) is 0 Å². The van der Waals surface area contributed by atoms with E-state index in [1.165, 1.54) is 6.07 Å². The minimum Gasteiger partial charge on any atom is -0.271 e. The first kappa shape index (κ1) is 14.1. The van der Waals surface area contributed by atoms with Crippen molar-refractivity contribution >= 4 is 43.2 Å². The lowest BCUT2D eigenvalue weighted by Gasteiger charge is -2.14. The van der Waals surface area contributed by atoms with E-state index < -0.39 is 0 Å². The topological polar surface area (TPSA) is 38.0 Å². The van der Waals surface area contributed by atoms with Gasteiger partial charge in [0.25, 0.3) is 0 Å². The van der Waals surface area contributed by atoms with Crippen molar-refractivity contribution in [3.63, 3.8) is 0 Å². The molecule has 1 heterocycles. The minimum atomic E-state index is -0.222. The highest BCUT2D eigenvalue weighted by atomic mass is 79.9. The second-order valence-corrected chi connectivity index (χ2v) is 7.21. The van der Waals surface area contributed by atoms with E-state index in [9.17, 15) is 4.39 Å². The number of hydrazine groups is 1. The molecule has 2 rings (SSSR count). The summed E-state index contributed by atoms with van der Waals surface area (Å²) in [5.74, 6) is 5.33. The van der Waals surface area contributed by atoms with Crippen molar-refractivity contribution < 1.29 is 4.39 Å². The van der Waals surface area contributed by atoms with E-state index in [0.29, 0.717) is 12.0 Å². The summed E-state index contributed by atoms with van der Waals surface area (Å²) in [5, 5.41) is 0. The van der Waals surface area contributed by atoms with Crippen LogP contribution in [0.3, 0.4) is 0 Å². The van der Waals surface area contributed by atoms with E-state index in [1.54, 1.807) is 17.4 Å². The lowest BCUT2D eigenvalue weighted by atomic mass is 10.0. The molecule has 0 spiro atoms. The summed E-state index contributed by atoms with van der Waals surface area (Å²) in [6, 6.07) is 8.92. The number of rotatable bonds is 4. The maximum absolute atomic E-state index is 13.8. The van der Waals surface area contributed by atoms with Crippen molar-refractivity contribution in [2.45, 2.75) is 12.5 Å². The molecule has 1 aromatic heterocycles. The smallest absolute Gasteiger partial charge is 0.127 e. The molecular formula is C12H11Br2FN2S. The molecule has 1 aromatic carbocycles. The first-order chi connectivity index (χ1) is 8.60. The Morgan fingerprint density at radius 3 is 2.61 bits per heavy atom. The van der Waals surface area contributed by atoms with Gasteiger partial charge in [-0.25, -0.2) is 4.39 Å². The van der Waals surface area contributed by atoms with Gasteiger partial charge in [0.1, 0.15) is 5.82 Å². The quantitative estimate of drug-likeness (QED) is 0.604. The predicted octanol–water partition coefficient (Wildman–Crippen LogP) is 4.16. The van der Waals surface area contributed by atoms with Crippen LogP contribution in [0.15, 0.2) is 38.6 Å². The van der Waals surface area contributed by atoms with Crippen LogP contribution in [-0.2, 0) is 6.42 Å². The Bertz CT molecular complexity index is 545. The van der Waals surface area contributed by atoms with Gasteiger partial charge in [-0.05, 0) is 52.2 Å². The molecule has 0 aliphatic rings. The highest BCUT2D eigenvalue weighted by Gasteiger charge is 2.15. The standard InChI is InChI=1S/C12H11Br2FN2S/c13-8-2-1-7(9(15)6-8)5-10(17-16)11-3-4-12(14)18-11/h1-4,6,10,17H,5,16H2. The molecule has 2 aromatic rings. The molecule has 0 saturated carbocycles. The summed E-state index contributed by atoms with van der Waals surface area (Å²) in [6.45, 7) is 0. The molecule has 0 saturated heterocycles. The van der Waals surface area contributed by atoms with E-state index in [0.717, 1.165) is 13.1 Å². The second kappa shape index (κ2) is 6.25. The highest BCUT2D eigenvalue weighted by Crippen LogP contribution is 2.29. The number of thiophene rings is 1. The Hall–Kier alpha value is -0.270. The summed E-state index contributed by atoms with van der Waals surface area (Å²) in [4.78, 5) is 1.08. The van der Waals surface area contributed by atoms with Crippen LogP contribution >= 0.6 is 43.2 Å². The van der Waals surface area contributed by atoms with Gasteiger partial charge >= 0.3 is 0 Å². The van der Waals surface area contributed by atoms with Crippen molar-refractivity contribution in [2.75, 3.05) is 0 Å². The van der Waals surface area contributed by atoms with Gasteiger partial charge in [0.2, 0.25) is 0 Å². The summed E-state index contributed by atoms with van der Waals surface area (Å²) in [7, 11) is 0. The van der Waals surface area contributed by atoms with Crippen LogP contribution in [0.1, 0.15) is 16.5 Å². The van der Waals surface area contributed by atoms with E-state index in [1.807, 2.05) is 18.2 Å². The Kier molecular flexibility index (Phi) is 4.91. The van der Waals surface area contributed by atoms with Crippen LogP contribution in [0, 0.1) is 5.82 Å². The third kappa shape index (κ3) is 3.39. The van der Waals surface area contributed by atoms with Crippen molar-refractivity contribution in [1.82, 2.24) is 5.43 Å². The normalized spacial score (nSPS) is 12.7. The van der Waals surface area contributed by atoms with Gasteiger partial charge in [0.05, 0.1) is 9.83 Å². The fourth-order valence-electron chi connectivity index (χ4n) is 1.66. The Balaban J connectivity index is 2.20. The van der Waals surface area contributed by atoms with Crippen LogP contribution < -0.4 is 11.3 Å². The third-order valence-electron chi connectivity index (χ3n) is 2.58. The number of hydrogen-bond acceptors (Lipinski definition) is 3. The van der Waals surface area contributed by atoms with Gasteiger partial charge in [0.15, 0.2) is 0 Å². The molecule has 0 aliphatic carbocycles. The van der Waals surface area contributed by atoms with E-state index in [-0.39, 0.29) is 11.9 Å².